The highest BCUT2D eigenvalue weighted by atomic mass is 16.6. The minimum atomic E-state index is -0.491. The van der Waals surface area contributed by atoms with Gasteiger partial charge in [0.1, 0.15) is 11.5 Å². The number of nitro benzene ring substituents is 1. The first-order valence-electron chi connectivity index (χ1n) is 6.59. The number of carbonyl (C=O) groups is 1. The number of carbonyl (C=O) groups excluding carboxylic acids is 1. The van der Waals surface area contributed by atoms with Crippen molar-refractivity contribution in [3.05, 3.63) is 28.3 Å². The number of ketones is 1. The SMILES string of the molecule is COc1ccc([N+](=O)[O-])c(OCCC2CCCC2=O)c1. The summed E-state index contributed by atoms with van der Waals surface area (Å²) >= 11 is 0. The molecule has 1 aliphatic carbocycles. The Kier molecular flexibility index (Phi) is 4.55. The van der Waals surface area contributed by atoms with Gasteiger partial charge in [0.15, 0.2) is 0 Å². The van der Waals surface area contributed by atoms with Gasteiger partial charge < -0.3 is 9.47 Å². The molecule has 0 bridgehead atoms. The molecule has 0 heterocycles. The van der Waals surface area contributed by atoms with Crippen LogP contribution in [0.15, 0.2) is 18.2 Å². The van der Waals surface area contributed by atoms with Gasteiger partial charge in [-0.05, 0) is 25.3 Å². The van der Waals surface area contributed by atoms with Gasteiger partial charge in [-0.25, -0.2) is 0 Å². The molecule has 6 heteroatoms. The topological polar surface area (TPSA) is 78.7 Å². The van der Waals surface area contributed by atoms with Crippen LogP contribution in [0.2, 0.25) is 0 Å². The number of methoxy groups -OCH3 is 1. The Hall–Kier alpha value is -2.11. The number of Topliss-reactive ketones (excluding diaryl/α,β-unsaturated/α-hetero) is 1. The first-order valence-corrected chi connectivity index (χ1v) is 6.59. The summed E-state index contributed by atoms with van der Waals surface area (Å²) in [7, 11) is 1.49. The molecule has 0 aromatic heterocycles. The number of nitrogens with zero attached hydrogens (tertiary/aromatic N) is 1. The Morgan fingerprint density at radius 1 is 1.45 bits per heavy atom. The lowest BCUT2D eigenvalue weighted by molar-refractivity contribution is -0.385. The Bertz CT molecular complexity index is 514. The van der Waals surface area contributed by atoms with Gasteiger partial charge in [-0.2, -0.15) is 0 Å². The largest absolute Gasteiger partial charge is 0.497 e. The fraction of sp³-hybridized carbons (Fsp3) is 0.500. The van der Waals surface area contributed by atoms with E-state index < -0.39 is 4.92 Å². The zero-order valence-corrected chi connectivity index (χ0v) is 11.3. The van der Waals surface area contributed by atoms with Crippen LogP contribution in [-0.4, -0.2) is 24.4 Å². The molecule has 0 radical (unpaired) electrons. The molecule has 1 aromatic carbocycles. The van der Waals surface area contributed by atoms with E-state index in [0.717, 1.165) is 12.8 Å². The van der Waals surface area contributed by atoms with Gasteiger partial charge in [0, 0.05) is 24.5 Å². The predicted octanol–water partition coefficient (Wildman–Crippen LogP) is 2.74. The molecule has 2 rings (SSSR count). The van der Waals surface area contributed by atoms with Crippen LogP contribution >= 0.6 is 0 Å². The van der Waals surface area contributed by atoms with Crippen molar-refractivity contribution in [1.29, 1.82) is 0 Å². The van der Waals surface area contributed by atoms with E-state index in [0.29, 0.717) is 25.2 Å². The van der Waals surface area contributed by atoms with Crippen molar-refractivity contribution in [3.8, 4) is 11.5 Å². The van der Waals surface area contributed by atoms with Gasteiger partial charge in [0.25, 0.3) is 0 Å². The van der Waals surface area contributed by atoms with Crippen LogP contribution in [0.3, 0.4) is 0 Å². The van der Waals surface area contributed by atoms with E-state index in [1.54, 1.807) is 0 Å². The molecule has 20 heavy (non-hydrogen) atoms. The molecule has 6 nitrogen and oxygen atoms in total. The van der Waals surface area contributed by atoms with Crippen molar-refractivity contribution >= 4 is 11.5 Å². The summed E-state index contributed by atoms with van der Waals surface area (Å²) in [6.07, 6.45) is 3.07. The number of rotatable bonds is 6. The maximum absolute atomic E-state index is 11.5. The van der Waals surface area contributed by atoms with Crippen LogP contribution < -0.4 is 9.47 Å². The summed E-state index contributed by atoms with van der Waals surface area (Å²) in [5.74, 6) is 0.996. The number of hydrogen-bond donors (Lipinski definition) is 0. The number of hydrogen-bond acceptors (Lipinski definition) is 5. The minimum Gasteiger partial charge on any atom is -0.497 e. The molecule has 0 saturated heterocycles. The van der Waals surface area contributed by atoms with Gasteiger partial charge in [-0.1, -0.05) is 0 Å². The highest BCUT2D eigenvalue weighted by Crippen LogP contribution is 2.32. The van der Waals surface area contributed by atoms with Crippen LogP contribution in [0.25, 0.3) is 0 Å². The van der Waals surface area contributed by atoms with Gasteiger partial charge >= 0.3 is 5.69 Å². The van der Waals surface area contributed by atoms with E-state index in [1.165, 1.54) is 25.3 Å². The fourth-order valence-electron chi connectivity index (χ4n) is 2.39. The van der Waals surface area contributed by atoms with E-state index in [2.05, 4.69) is 0 Å². The predicted molar refractivity (Wildman–Crippen MR) is 72.1 cm³/mol. The summed E-state index contributed by atoms with van der Waals surface area (Å²) < 4.78 is 10.5. The summed E-state index contributed by atoms with van der Waals surface area (Å²) in [4.78, 5) is 21.9. The molecule has 0 amide bonds. The maximum Gasteiger partial charge on any atom is 0.311 e. The lowest BCUT2D eigenvalue weighted by atomic mass is 10.0. The van der Waals surface area contributed by atoms with Gasteiger partial charge in [-0.3, -0.25) is 14.9 Å². The van der Waals surface area contributed by atoms with Crippen molar-refractivity contribution in [2.75, 3.05) is 13.7 Å². The Morgan fingerprint density at radius 3 is 2.85 bits per heavy atom. The van der Waals surface area contributed by atoms with Gasteiger partial charge in [0.2, 0.25) is 5.75 Å². The summed E-state index contributed by atoms with van der Waals surface area (Å²) in [6, 6.07) is 4.37. The fourth-order valence-corrected chi connectivity index (χ4v) is 2.39. The lowest BCUT2D eigenvalue weighted by Gasteiger charge is -2.10. The van der Waals surface area contributed by atoms with Gasteiger partial charge in [-0.15, -0.1) is 0 Å². The average Bonchev–Trinajstić information content (AvgIpc) is 2.84. The lowest BCUT2D eigenvalue weighted by Crippen LogP contribution is -2.11. The van der Waals surface area contributed by atoms with Crippen molar-refractivity contribution in [3.63, 3.8) is 0 Å². The van der Waals surface area contributed by atoms with Crippen molar-refractivity contribution in [2.24, 2.45) is 5.92 Å². The Morgan fingerprint density at radius 2 is 2.25 bits per heavy atom. The van der Waals surface area contributed by atoms with Crippen molar-refractivity contribution < 1.29 is 19.2 Å². The molecule has 1 aromatic rings. The molecular formula is C14H17NO5. The van der Waals surface area contributed by atoms with Crippen molar-refractivity contribution in [2.45, 2.75) is 25.7 Å². The second kappa shape index (κ2) is 6.36. The minimum absolute atomic E-state index is 0.0414. The monoisotopic (exact) mass is 279 g/mol. The number of ether oxygens (including phenoxy) is 2. The normalized spacial score (nSPS) is 18.1. The van der Waals surface area contributed by atoms with E-state index in [-0.39, 0.29) is 23.1 Å². The molecule has 0 aliphatic heterocycles. The van der Waals surface area contributed by atoms with Crippen LogP contribution in [0.4, 0.5) is 5.69 Å². The Labute approximate surface area is 116 Å². The third-order valence-corrected chi connectivity index (χ3v) is 3.52. The summed E-state index contributed by atoms with van der Waals surface area (Å²) in [5, 5.41) is 10.9. The zero-order valence-electron chi connectivity index (χ0n) is 11.3. The van der Waals surface area contributed by atoms with E-state index in [4.69, 9.17) is 9.47 Å². The molecule has 108 valence electrons. The maximum atomic E-state index is 11.5. The number of benzene rings is 1. The molecule has 1 unspecified atom stereocenters. The third kappa shape index (κ3) is 3.26. The Balaban J connectivity index is 2.00. The van der Waals surface area contributed by atoms with Crippen LogP contribution in [-0.2, 0) is 4.79 Å². The molecule has 1 fully saturated rings. The first-order chi connectivity index (χ1) is 9.61. The molecule has 1 aliphatic rings. The van der Waals surface area contributed by atoms with E-state index in [9.17, 15) is 14.9 Å². The molecule has 0 N–H and O–H groups in total. The van der Waals surface area contributed by atoms with Crippen LogP contribution in [0.1, 0.15) is 25.7 Å². The highest BCUT2D eigenvalue weighted by Gasteiger charge is 2.24. The van der Waals surface area contributed by atoms with Crippen molar-refractivity contribution in [1.82, 2.24) is 0 Å². The average molecular weight is 279 g/mol. The second-order valence-electron chi connectivity index (χ2n) is 4.78. The van der Waals surface area contributed by atoms with Crippen LogP contribution in [0, 0.1) is 16.0 Å². The van der Waals surface area contributed by atoms with E-state index >= 15 is 0 Å². The standard InChI is InChI=1S/C14H17NO5/c1-19-11-5-6-12(15(17)18)14(9-11)20-8-7-10-3-2-4-13(10)16/h5-6,9-10H,2-4,7-8H2,1H3. The van der Waals surface area contributed by atoms with Gasteiger partial charge in [0.05, 0.1) is 18.6 Å². The summed E-state index contributed by atoms with van der Waals surface area (Å²) in [5.41, 5.74) is -0.0939. The third-order valence-electron chi connectivity index (χ3n) is 3.52. The quantitative estimate of drug-likeness (QED) is 0.591. The molecular weight excluding hydrogens is 262 g/mol. The number of nitro groups is 1. The van der Waals surface area contributed by atoms with Crippen LogP contribution in [0.5, 0.6) is 11.5 Å². The summed E-state index contributed by atoms with van der Waals surface area (Å²) in [6.45, 7) is 0.296. The molecule has 1 atom stereocenters. The molecule has 0 spiro atoms. The van der Waals surface area contributed by atoms with E-state index in [1.807, 2.05) is 0 Å². The molecule has 1 saturated carbocycles. The smallest absolute Gasteiger partial charge is 0.311 e. The highest BCUT2D eigenvalue weighted by molar-refractivity contribution is 5.82. The zero-order chi connectivity index (χ0) is 14.5. The first kappa shape index (κ1) is 14.3. The second-order valence-corrected chi connectivity index (χ2v) is 4.78.